The van der Waals surface area contributed by atoms with Gasteiger partial charge in [-0.15, -0.1) is 0 Å². The molecule has 0 bridgehead atoms. The normalized spacial score (nSPS) is 16.9. The summed E-state index contributed by atoms with van der Waals surface area (Å²) in [7, 11) is 1.64. The van der Waals surface area contributed by atoms with Gasteiger partial charge in [-0.05, 0) is 53.7 Å². The molecule has 0 spiro atoms. The molecule has 0 aromatic heterocycles. The van der Waals surface area contributed by atoms with Gasteiger partial charge in [0.05, 0.1) is 11.6 Å². The summed E-state index contributed by atoms with van der Waals surface area (Å²) in [5.41, 5.74) is 1.70. The topological polar surface area (TPSA) is 38.7 Å². The molecule has 0 heterocycles. The quantitative estimate of drug-likeness (QED) is 0.632. The minimum absolute atomic E-state index is 0.416. The molecule has 1 aliphatic rings. The van der Waals surface area contributed by atoms with E-state index in [0.29, 0.717) is 0 Å². The molecule has 1 aliphatic carbocycles. The molecule has 3 nitrogen and oxygen atoms in total. The molecule has 0 atom stereocenters. The van der Waals surface area contributed by atoms with Crippen molar-refractivity contribution in [3.63, 3.8) is 0 Å². The van der Waals surface area contributed by atoms with Gasteiger partial charge in [-0.2, -0.15) is 4.99 Å². The van der Waals surface area contributed by atoms with E-state index in [0.717, 1.165) is 40.6 Å². The summed E-state index contributed by atoms with van der Waals surface area (Å²) in [6, 6.07) is 3.97. The van der Waals surface area contributed by atoms with Crippen molar-refractivity contribution in [1.82, 2.24) is 0 Å². The van der Waals surface area contributed by atoms with Crippen LogP contribution in [-0.2, 0) is 10.3 Å². The van der Waals surface area contributed by atoms with Crippen molar-refractivity contribution in [3.05, 3.63) is 27.7 Å². The summed E-state index contributed by atoms with van der Waals surface area (Å²) < 4.78 is 6.34. The number of halogens is 1. The van der Waals surface area contributed by atoms with Gasteiger partial charge in [0.25, 0.3) is 0 Å². The minimum Gasteiger partial charge on any atom is -0.495 e. The number of hydrogen-bond acceptors (Lipinski definition) is 3. The maximum atomic E-state index is 10.6. The van der Waals surface area contributed by atoms with Crippen LogP contribution in [0, 0.1) is 6.92 Å². The maximum absolute atomic E-state index is 10.6. The number of carbonyl (C=O) groups excluding carboxylic acids is 1. The molecule has 0 radical (unpaired) electrons. The van der Waals surface area contributed by atoms with Gasteiger partial charge in [0, 0.05) is 5.56 Å². The van der Waals surface area contributed by atoms with Crippen LogP contribution in [0.25, 0.3) is 0 Å². The first-order valence-corrected chi connectivity index (χ1v) is 6.36. The van der Waals surface area contributed by atoms with Gasteiger partial charge < -0.3 is 4.74 Å². The van der Waals surface area contributed by atoms with Crippen molar-refractivity contribution in [2.75, 3.05) is 7.11 Å². The number of ether oxygens (including phenoxy) is 1. The fourth-order valence-electron chi connectivity index (χ4n) is 2.45. The van der Waals surface area contributed by atoms with Crippen LogP contribution in [0.5, 0.6) is 5.75 Å². The standard InChI is InChI=1S/C13H14BrNO2/c1-9-4-5-10(14)12(17-2)11(9)13(15-8-16)6-3-7-13/h4-5H,3,6-7H2,1-2H3. The average molecular weight is 296 g/mol. The Morgan fingerprint density at radius 2 is 2.18 bits per heavy atom. The van der Waals surface area contributed by atoms with E-state index >= 15 is 0 Å². The maximum Gasteiger partial charge on any atom is 0.235 e. The van der Waals surface area contributed by atoms with Crippen LogP contribution < -0.4 is 4.74 Å². The average Bonchev–Trinajstić information content (AvgIpc) is 2.27. The summed E-state index contributed by atoms with van der Waals surface area (Å²) >= 11 is 3.47. The lowest BCUT2D eigenvalue weighted by atomic mass is 9.70. The second-order valence-electron chi connectivity index (χ2n) is 4.36. The Hall–Kier alpha value is -1.12. The molecule has 4 heteroatoms. The Balaban J connectivity index is 2.64. The monoisotopic (exact) mass is 295 g/mol. The van der Waals surface area contributed by atoms with E-state index in [1.165, 1.54) is 0 Å². The predicted octanol–water partition coefficient (Wildman–Crippen LogP) is 3.48. The number of aliphatic imine (C=N–C) groups is 1. The first-order valence-electron chi connectivity index (χ1n) is 5.57. The van der Waals surface area contributed by atoms with E-state index in [1.807, 2.05) is 19.1 Å². The lowest BCUT2D eigenvalue weighted by Crippen LogP contribution is -2.33. The predicted molar refractivity (Wildman–Crippen MR) is 69.1 cm³/mol. The molecule has 0 aliphatic heterocycles. The molecule has 1 saturated carbocycles. The van der Waals surface area contributed by atoms with E-state index < -0.39 is 5.54 Å². The highest BCUT2D eigenvalue weighted by molar-refractivity contribution is 9.10. The number of nitrogens with zero attached hydrogens (tertiary/aromatic N) is 1. The van der Waals surface area contributed by atoms with Gasteiger partial charge >= 0.3 is 0 Å². The third kappa shape index (κ3) is 1.92. The summed E-state index contributed by atoms with van der Waals surface area (Å²) in [5.74, 6) is 0.781. The highest BCUT2D eigenvalue weighted by Gasteiger charge is 2.42. The summed E-state index contributed by atoms with van der Waals surface area (Å²) in [6.07, 6.45) is 4.56. The van der Waals surface area contributed by atoms with Crippen molar-refractivity contribution < 1.29 is 9.53 Å². The Labute approximate surface area is 109 Å². The number of aryl methyl sites for hydroxylation is 1. The van der Waals surface area contributed by atoms with Gasteiger partial charge in [0.2, 0.25) is 6.08 Å². The summed E-state index contributed by atoms with van der Waals surface area (Å²) in [6.45, 7) is 2.02. The third-order valence-corrected chi connectivity index (χ3v) is 4.05. The smallest absolute Gasteiger partial charge is 0.235 e. The van der Waals surface area contributed by atoms with Crippen LogP contribution in [0.15, 0.2) is 21.6 Å². The van der Waals surface area contributed by atoms with Crippen molar-refractivity contribution in [2.45, 2.75) is 31.7 Å². The van der Waals surface area contributed by atoms with E-state index in [1.54, 1.807) is 13.2 Å². The van der Waals surface area contributed by atoms with Crippen LogP contribution in [0.1, 0.15) is 30.4 Å². The fraction of sp³-hybridized carbons (Fsp3) is 0.462. The van der Waals surface area contributed by atoms with Crippen LogP contribution in [-0.4, -0.2) is 13.2 Å². The van der Waals surface area contributed by atoms with E-state index in [2.05, 4.69) is 20.9 Å². The van der Waals surface area contributed by atoms with Crippen molar-refractivity contribution in [1.29, 1.82) is 0 Å². The molecule has 17 heavy (non-hydrogen) atoms. The second-order valence-corrected chi connectivity index (χ2v) is 5.22. The SMILES string of the molecule is COc1c(Br)ccc(C)c1C1(N=C=O)CCC1. The molecule has 90 valence electrons. The zero-order valence-corrected chi connectivity index (χ0v) is 11.5. The number of benzene rings is 1. The molecule has 2 rings (SSSR count). The Bertz CT molecular complexity index is 488. The molecular weight excluding hydrogens is 282 g/mol. The first-order chi connectivity index (χ1) is 8.14. The Morgan fingerprint density at radius 1 is 1.47 bits per heavy atom. The Kier molecular flexibility index (Phi) is 3.36. The lowest BCUT2D eigenvalue weighted by Gasteiger charge is -2.39. The highest BCUT2D eigenvalue weighted by Crippen LogP contribution is 2.50. The van der Waals surface area contributed by atoms with Gasteiger partial charge in [-0.25, -0.2) is 4.79 Å². The van der Waals surface area contributed by atoms with Gasteiger partial charge in [0.15, 0.2) is 0 Å². The second kappa shape index (κ2) is 4.63. The zero-order valence-electron chi connectivity index (χ0n) is 9.92. The van der Waals surface area contributed by atoms with Crippen molar-refractivity contribution in [2.24, 2.45) is 4.99 Å². The largest absolute Gasteiger partial charge is 0.495 e. The molecular formula is C13H14BrNO2. The van der Waals surface area contributed by atoms with Crippen molar-refractivity contribution in [3.8, 4) is 5.75 Å². The number of hydrogen-bond donors (Lipinski definition) is 0. The number of isocyanates is 1. The van der Waals surface area contributed by atoms with Crippen LogP contribution >= 0.6 is 15.9 Å². The van der Waals surface area contributed by atoms with E-state index in [-0.39, 0.29) is 0 Å². The molecule has 0 saturated heterocycles. The summed E-state index contributed by atoms with van der Waals surface area (Å²) in [5, 5.41) is 0. The van der Waals surface area contributed by atoms with Gasteiger partial charge in [-0.1, -0.05) is 6.07 Å². The lowest BCUT2D eigenvalue weighted by molar-refractivity contribution is 0.244. The highest BCUT2D eigenvalue weighted by atomic mass is 79.9. The van der Waals surface area contributed by atoms with Crippen molar-refractivity contribution >= 4 is 22.0 Å². The number of methoxy groups -OCH3 is 1. The zero-order chi connectivity index (χ0) is 12.5. The molecule has 0 unspecified atom stereocenters. The fourth-order valence-corrected chi connectivity index (χ4v) is 2.94. The Morgan fingerprint density at radius 3 is 2.65 bits per heavy atom. The molecule has 1 aromatic carbocycles. The summed E-state index contributed by atoms with van der Waals surface area (Å²) in [4.78, 5) is 14.7. The van der Waals surface area contributed by atoms with E-state index in [9.17, 15) is 4.79 Å². The van der Waals surface area contributed by atoms with Gasteiger partial charge in [0.1, 0.15) is 11.3 Å². The molecule has 0 amide bonds. The molecule has 0 N–H and O–H groups in total. The van der Waals surface area contributed by atoms with Crippen LogP contribution in [0.2, 0.25) is 0 Å². The van der Waals surface area contributed by atoms with Crippen LogP contribution in [0.3, 0.4) is 0 Å². The molecule has 1 fully saturated rings. The number of rotatable bonds is 3. The van der Waals surface area contributed by atoms with Gasteiger partial charge in [-0.3, -0.25) is 0 Å². The van der Waals surface area contributed by atoms with Crippen LogP contribution in [0.4, 0.5) is 0 Å². The van der Waals surface area contributed by atoms with E-state index in [4.69, 9.17) is 4.74 Å². The first kappa shape index (κ1) is 12.3. The third-order valence-electron chi connectivity index (χ3n) is 3.43. The molecule has 1 aromatic rings. The minimum atomic E-state index is -0.416.